The third-order valence-electron chi connectivity index (χ3n) is 3.96. The number of aryl methyl sites for hydroxylation is 1. The number of hydrogen-bond acceptors (Lipinski definition) is 4. The Morgan fingerprint density at radius 2 is 2.29 bits per heavy atom. The Bertz CT molecular complexity index is 724. The first kappa shape index (κ1) is 16.5. The van der Waals surface area contributed by atoms with Gasteiger partial charge in [0.1, 0.15) is 5.82 Å². The molecule has 2 N–H and O–H groups in total. The molecule has 1 aliphatic heterocycles. The van der Waals surface area contributed by atoms with Crippen molar-refractivity contribution in [2.75, 3.05) is 18.0 Å². The maximum Gasteiger partial charge on any atom is 0.315 e. The lowest BCUT2D eigenvalue weighted by molar-refractivity contribution is 0.237. The molecule has 1 aliphatic rings. The smallest absolute Gasteiger partial charge is 0.315 e. The van der Waals surface area contributed by atoms with Crippen LogP contribution in [0.4, 0.5) is 10.5 Å². The van der Waals surface area contributed by atoms with Crippen molar-refractivity contribution in [2.24, 2.45) is 0 Å². The maximum absolute atomic E-state index is 12.0. The summed E-state index contributed by atoms with van der Waals surface area (Å²) in [6.07, 6.45) is 2.60. The van der Waals surface area contributed by atoms with E-state index in [2.05, 4.69) is 25.5 Å². The van der Waals surface area contributed by atoms with Crippen LogP contribution in [0.5, 0.6) is 0 Å². The molecule has 24 heavy (non-hydrogen) atoms. The van der Waals surface area contributed by atoms with Gasteiger partial charge in [0.05, 0.1) is 12.2 Å². The Hall–Kier alpha value is -2.34. The van der Waals surface area contributed by atoms with Crippen molar-refractivity contribution < 1.29 is 4.79 Å². The number of carbonyl (C=O) groups is 1. The number of aromatic nitrogens is 2. The topological polar surface area (TPSA) is 70.2 Å². The number of carbonyl (C=O) groups excluding carboxylic acids is 1. The van der Waals surface area contributed by atoms with Crippen LogP contribution in [0.3, 0.4) is 0 Å². The van der Waals surface area contributed by atoms with Crippen LogP contribution >= 0.6 is 11.6 Å². The summed E-state index contributed by atoms with van der Waals surface area (Å²) in [5, 5.41) is 6.57. The van der Waals surface area contributed by atoms with E-state index in [0.29, 0.717) is 12.4 Å². The number of anilines is 1. The molecule has 126 valence electrons. The minimum absolute atomic E-state index is 0.121. The van der Waals surface area contributed by atoms with Crippen molar-refractivity contribution in [3.05, 3.63) is 53.1 Å². The zero-order chi connectivity index (χ0) is 16.9. The summed E-state index contributed by atoms with van der Waals surface area (Å²) >= 11 is 6.04. The van der Waals surface area contributed by atoms with Crippen molar-refractivity contribution in [1.82, 2.24) is 20.6 Å². The molecule has 1 aromatic heterocycles. The second-order valence-electron chi connectivity index (χ2n) is 5.83. The lowest BCUT2D eigenvalue weighted by Crippen LogP contribution is -2.43. The predicted octanol–water partition coefficient (Wildman–Crippen LogP) is 2.52. The minimum Gasteiger partial charge on any atom is -0.369 e. The molecule has 1 atom stereocenters. The van der Waals surface area contributed by atoms with Crippen LogP contribution < -0.4 is 15.5 Å². The third-order valence-corrected chi connectivity index (χ3v) is 4.20. The second-order valence-corrected chi connectivity index (χ2v) is 6.27. The molecular weight excluding hydrogens is 326 g/mol. The highest BCUT2D eigenvalue weighted by Crippen LogP contribution is 2.23. The molecule has 0 spiro atoms. The van der Waals surface area contributed by atoms with E-state index >= 15 is 0 Å². The summed E-state index contributed by atoms with van der Waals surface area (Å²) in [7, 11) is 0. The van der Waals surface area contributed by atoms with Gasteiger partial charge < -0.3 is 15.5 Å². The fraction of sp³-hybridized carbons (Fsp3) is 0.353. The zero-order valence-corrected chi connectivity index (χ0v) is 14.3. The van der Waals surface area contributed by atoms with E-state index in [4.69, 9.17) is 11.6 Å². The Morgan fingerprint density at radius 3 is 3.08 bits per heavy atom. The molecule has 0 saturated carbocycles. The molecule has 1 unspecified atom stereocenters. The number of nitrogens with one attached hydrogen (secondary N) is 2. The van der Waals surface area contributed by atoms with E-state index in [1.54, 1.807) is 12.3 Å². The highest BCUT2D eigenvalue weighted by atomic mass is 35.5. The molecular formula is C17H20ClN5O. The quantitative estimate of drug-likeness (QED) is 0.893. The van der Waals surface area contributed by atoms with Gasteiger partial charge in [-0.1, -0.05) is 17.7 Å². The van der Waals surface area contributed by atoms with Crippen molar-refractivity contribution in [2.45, 2.75) is 25.9 Å². The number of amides is 2. The first-order chi connectivity index (χ1) is 11.6. The van der Waals surface area contributed by atoms with Crippen LogP contribution in [0.2, 0.25) is 5.02 Å². The molecule has 1 fully saturated rings. The van der Waals surface area contributed by atoms with Gasteiger partial charge in [0.25, 0.3) is 0 Å². The number of rotatable bonds is 4. The summed E-state index contributed by atoms with van der Waals surface area (Å²) in [6, 6.07) is 9.52. The van der Waals surface area contributed by atoms with Crippen molar-refractivity contribution in [3.63, 3.8) is 0 Å². The average molecular weight is 346 g/mol. The summed E-state index contributed by atoms with van der Waals surface area (Å²) in [5.41, 5.74) is 1.88. The van der Waals surface area contributed by atoms with E-state index in [1.165, 1.54) is 0 Å². The largest absolute Gasteiger partial charge is 0.369 e. The summed E-state index contributed by atoms with van der Waals surface area (Å²) in [5.74, 6) is 0.697. The van der Waals surface area contributed by atoms with Crippen LogP contribution in [0.1, 0.15) is 17.9 Å². The van der Waals surface area contributed by atoms with Crippen molar-refractivity contribution in [3.8, 4) is 0 Å². The number of nitrogens with zero attached hydrogens (tertiary/aromatic N) is 3. The van der Waals surface area contributed by atoms with Crippen LogP contribution in [-0.4, -0.2) is 35.1 Å². The standard InChI is InChI=1S/C17H20ClN5O/c1-12-19-7-5-14(21-12)10-20-17(24)22-15-6-8-23(11-15)16-4-2-3-13(18)9-16/h2-5,7,9,15H,6,8,10-11H2,1H3,(H2,20,22,24). The second kappa shape index (κ2) is 7.49. The fourth-order valence-electron chi connectivity index (χ4n) is 2.80. The lowest BCUT2D eigenvalue weighted by atomic mass is 10.3. The van der Waals surface area contributed by atoms with Gasteiger partial charge in [0.2, 0.25) is 0 Å². The molecule has 7 heteroatoms. The highest BCUT2D eigenvalue weighted by Gasteiger charge is 2.24. The Kier molecular flexibility index (Phi) is 5.15. The predicted molar refractivity (Wildman–Crippen MR) is 94.2 cm³/mol. The van der Waals surface area contributed by atoms with E-state index in [1.807, 2.05) is 31.2 Å². The summed E-state index contributed by atoms with van der Waals surface area (Å²) < 4.78 is 0. The Labute approximate surface area is 146 Å². The number of benzene rings is 1. The van der Waals surface area contributed by atoms with Gasteiger partial charge in [0.15, 0.2) is 0 Å². The van der Waals surface area contributed by atoms with Gasteiger partial charge in [-0.15, -0.1) is 0 Å². The highest BCUT2D eigenvalue weighted by molar-refractivity contribution is 6.30. The molecule has 1 aromatic carbocycles. The van der Waals surface area contributed by atoms with Crippen molar-refractivity contribution in [1.29, 1.82) is 0 Å². The average Bonchev–Trinajstić information content (AvgIpc) is 3.01. The van der Waals surface area contributed by atoms with Gasteiger partial charge in [0, 0.05) is 36.0 Å². The molecule has 3 rings (SSSR count). The first-order valence-corrected chi connectivity index (χ1v) is 8.31. The van der Waals surface area contributed by atoms with E-state index in [-0.39, 0.29) is 12.1 Å². The number of halogens is 1. The van der Waals surface area contributed by atoms with Crippen LogP contribution in [-0.2, 0) is 6.54 Å². The van der Waals surface area contributed by atoms with Crippen LogP contribution in [0.15, 0.2) is 36.5 Å². The van der Waals surface area contributed by atoms with Gasteiger partial charge in [-0.3, -0.25) is 0 Å². The minimum atomic E-state index is -0.177. The molecule has 1 saturated heterocycles. The molecule has 2 amide bonds. The SMILES string of the molecule is Cc1nccc(CNC(=O)NC2CCN(c3cccc(Cl)c3)C2)n1. The molecule has 0 aliphatic carbocycles. The van der Waals surface area contributed by atoms with Gasteiger partial charge in [-0.25, -0.2) is 14.8 Å². The first-order valence-electron chi connectivity index (χ1n) is 7.93. The van der Waals surface area contributed by atoms with Crippen molar-refractivity contribution >= 4 is 23.3 Å². The van der Waals surface area contributed by atoms with Gasteiger partial charge in [-0.05, 0) is 37.6 Å². The maximum atomic E-state index is 12.0. The zero-order valence-electron chi connectivity index (χ0n) is 13.5. The third kappa shape index (κ3) is 4.35. The molecule has 0 radical (unpaired) electrons. The van der Waals surface area contributed by atoms with Crippen LogP contribution in [0.25, 0.3) is 0 Å². The Balaban J connectivity index is 1.47. The van der Waals surface area contributed by atoms with E-state index in [0.717, 1.165) is 35.9 Å². The number of urea groups is 1. The lowest BCUT2D eigenvalue weighted by Gasteiger charge is -2.19. The Morgan fingerprint density at radius 1 is 1.42 bits per heavy atom. The monoisotopic (exact) mass is 345 g/mol. The fourth-order valence-corrected chi connectivity index (χ4v) is 2.98. The normalized spacial score (nSPS) is 16.9. The molecule has 2 aromatic rings. The van der Waals surface area contributed by atoms with E-state index < -0.39 is 0 Å². The van der Waals surface area contributed by atoms with E-state index in [9.17, 15) is 4.79 Å². The van der Waals surface area contributed by atoms with Gasteiger partial charge in [-0.2, -0.15) is 0 Å². The summed E-state index contributed by atoms with van der Waals surface area (Å²) in [4.78, 5) is 22.6. The molecule has 6 nitrogen and oxygen atoms in total. The van der Waals surface area contributed by atoms with Gasteiger partial charge >= 0.3 is 6.03 Å². The molecule has 2 heterocycles. The number of hydrogen-bond donors (Lipinski definition) is 2. The van der Waals surface area contributed by atoms with Crippen LogP contribution in [0, 0.1) is 6.92 Å². The summed E-state index contributed by atoms with van der Waals surface area (Å²) in [6.45, 7) is 3.89. The molecule has 0 bridgehead atoms.